The normalized spacial score (nSPS) is 11.7. The molecular formula is C30H30N6O3. The molecule has 0 saturated heterocycles. The first-order chi connectivity index (χ1) is 19.0. The first kappa shape index (κ1) is 25.6. The van der Waals surface area contributed by atoms with Crippen molar-refractivity contribution in [2.24, 2.45) is 0 Å². The van der Waals surface area contributed by atoms with E-state index < -0.39 is 18.0 Å². The minimum atomic E-state index is -0.856. The Morgan fingerprint density at radius 2 is 1.56 bits per heavy atom. The molecule has 0 aliphatic heterocycles. The highest BCUT2D eigenvalue weighted by Gasteiger charge is 2.23. The first-order valence-electron chi connectivity index (χ1n) is 12.8. The van der Waals surface area contributed by atoms with E-state index in [4.69, 9.17) is 0 Å². The maximum atomic E-state index is 13.1. The van der Waals surface area contributed by atoms with Crippen LogP contribution in [0.25, 0.3) is 21.8 Å². The lowest BCUT2D eigenvalue weighted by Gasteiger charge is -2.19. The summed E-state index contributed by atoms with van der Waals surface area (Å²) in [6.45, 7) is 0.428. The predicted molar refractivity (Wildman–Crippen MR) is 151 cm³/mol. The van der Waals surface area contributed by atoms with E-state index in [1.54, 1.807) is 0 Å². The average molecular weight is 523 g/mol. The van der Waals surface area contributed by atoms with Crippen molar-refractivity contribution in [1.82, 2.24) is 31.5 Å². The molecule has 5 rings (SSSR count). The molecule has 39 heavy (non-hydrogen) atoms. The Bertz CT molecular complexity index is 1560. The third-order valence-electron chi connectivity index (χ3n) is 6.53. The van der Waals surface area contributed by atoms with Crippen LogP contribution >= 0.6 is 0 Å². The van der Waals surface area contributed by atoms with Crippen LogP contribution in [0.2, 0.25) is 0 Å². The van der Waals surface area contributed by atoms with E-state index >= 15 is 0 Å². The molecule has 0 aliphatic rings. The molecule has 0 aliphatic carbocycles. The van der Waals surface area contributed by atoms with Crippen LogP contribution in [-0.4, -0.2) is 40.4 Å². The average Bonchev–Trinajstić information content (AvgIpc) is 3.55. The van der Waals surface area contributed by atoms with Crippen molar-refractivity contribution in [2.45, 2.75) is 25.3 Å². The molecule has 9 nitrogen and oxygen atoms in total. The zero-order chi connectivity index (χ0) is 27.0. The predicted octanol–water partition coefficient (Wildman–Crippen LogP) is 3.49. The van der Waals surface area contributed by atoms with E-state index in [1.807, 2.05) is 91.1 Å². The summed E-state index contributed by atoms with van der Waals surface area (Å²) in [4.78, 5) is 44.7. The molecule has 2 aromatic heterocycles. The third-order valence-corrected chi connectivity index (χ3v) is 6.53. The summed E-state index contributed by atoms with van der Waals surface area (Å²) in [5.74, 6) is -0.701. The van der Waals surface area contributed by atoms with Gasteiger partial charge in [0, 0.05) is 41.3 Å². The molecule has 0 saturated carbocycles. The smallest absolute Gasteiger partial charge is 0.334 e. The van der Waals surface area contributed by atoms with Gasteiger partial charge in [0.15, 0.2) is 0 Å². The Kier molecular flexibility index (Phi) is 7.87. The fraction of sp³-hybridized carbons (Fsp3) is 0.167. The van der Waals surface area contributed by atoms with Gasteiger partial charge in [0.05, 0.1) is 6.42 Å². The van der Waals surface area contributed by atoms with Gasteiger partial charge in [0.2, 0.25) is 11.8 Å². The van der Waals surface area contributed by atoms with Gasteiger partial charge >= 0.3 is 6.03 Å². The number of aromatic nitrogens is 2. The van der Waals surface area contributed by atoms with Gasteiger partial charge in [-0.2, -0.15) is 0 Å². The maximum Gasteiger partial charge on any atom is 0.334 e. The first-order valence-corrected chi connectivity index (χ1v) is 12.8. The number of aromatic amines is 2. The van der Waals surface area contributed by atoms with Crippen LogP contribution in [0.3, 0.4) is 0 Å². The summed E-state index contributed by atoms with van der Waals surface area (Å²) < 4.78 is 0. The Hall–Kier alpha value is -5.05. The van der Waals surface area contributed by atoms with Crippen LogP contribution in [0.15, 0.2) is 91.1 Å². The lowest BCUT2D eigenvalue weighted by molar-refractivity contribution is -0.122. The van der Waals surface area contributed by atoms with Crippen molar-refractivity contribution < 1.29 is 14.4 Å². The molecule has 9 heteroatoms. The maximum absolute atomic E-state index is 13.1. The fourth-order valence-electron chi connectivity index (χ4n) is 4.59. The Balaban J connectivity index is 1.19. The molecule has 0 spiro atoms. The zero-order valence-electron chi connectivity index (χ0n) is 21.3. The van der Waals surface area contributed by atoms with Crippen LogP contribution in [0, 0.1) is 0 Å². The molecule has 1 unspecified atom stereocenters. The van der Waals surface area contributed by atoms with Crippen molar-refractivity contribution >= 4 is 39.7 Å². The van der Waals surface area contributed by atoms with Gasteiger partial charge in [-0.1, -0.05) is 66.7 Å². The highest BCUT2D eigenvalue weighted by atomic mass is 16.2. The molecule has 198 valence electrons. The van der Waals surface area contributed by atoms with Crippen molar-refractivity contribution in [3.63, 3.8) is 0 Å². The van der Waals surface area contributed by atoms with Crippen LogP contribution < -0.4 is 21.5 Å². The minimum absolute atomic E-state index is 0.0632. The number of carbonyl (C=O) groups excluding carboxylic acids is 3. The topological polar surface area (TPSA) is 131 Å². The van der Waals surface area contributed by atoms with Crippen molar-refractivity contribution in [3.8, 4) is 0 Å². The van der Waals surface area contributed by atoms with E-state index in [-0.39, 0.29) is 18.7 Å². The largest absolute Gasteiger partial charge is 0.361 e. The number of rotatable bonds is 9. The van der Waals surface area contributed by atoms with Gasteiger partial charge in [-0.15, -0.1) is 0 Å². The van der Waals surface area contributed by atoms with E-state index in [0.717, 1.165) is 38.6 Å². The fourth-order valence-corrected chi connectivity index (χ4v) is 4.59. The summed E-state index contributed by atoms with van der Waals surface area (Å²) >= 11 is 0. The van der Waals surface area contributed by atoms with Gasteiger partial charge < -0.3 is 20.6 Å². The number of benzene rings is 3. The number of urea groups is 1. The van der Waals surface area contributed by atoms with Crippen LogP contribution in [0.1, 0.15) is 16.8 Å². The Morgan fingerprint density at radius 3 is 2.38 bits per heavy atom. The monoisotopic (exact) mass is 522 g/mol. The number of carbonyl (C=O) groups is 3. The summed E-state index contributed by atoms with van der Waals surface area (Å²) in [5.41, 5.74) is 9.40. The minimum Gasteiger partial charge on any atom is -0.361 e. The standard InChI is InChI=1S/C30H30N6O3/c37-28(18-23-16-21-10-4-6-12-25(21)33-23)35-36-30(39)34-27(17-22-19-32-26-13-7-5-11-24(22)26)29(38)31-15-14-20-8-2-1-3-9-20/h1-13,16,19,27,32-33H,14-15,17-18H2,(H,31,38)(H,35,37)(H2,34,36,39). The number of amides is 4. The molecular weight excluding hydrogens is 492 g/mol. The summed E-state index contributed by atoms with van der Waals surface area (Å²) in [6, 6.07) is 25.7. The lowest BCUT2D eigenvalue weighted by Crippen LogP contribution is -2.55. The molecule has 0 bridgehead atoms. The summed E-state index contributed by atoms with van der Waals surface area (Å²) in [6.07, 6.45) is 2.85. The molecule has 5 aromatic rings. The van der Waals surface area contributed by atoms with Gasteiger partial charge in [-0.05, 0) is 41.1 Å². The van der Waals surface area contributed by atoms with Crippen molar-refractivity contribution in [3.05, 3.63) is 108 Å². The van der Waals surface area contributed by atoms with Gasteiger partial charge in [0.1, 0.15) is 6.04 Å². The Morgan fingerprint density at radius 1 is 0.821 bits per heavy atom. The number of hydrazine groups is 1. The van der Waals surface area contributed by atoms with Crippen LogP contribution in [-0.2, 0) is 28.9 Å². The van der Waals surface area contributed by atoms with Crippen molar-refractivity contribution in [2.75, 3.05) is 6.54 Å². The number of nitrogens with one attached hydrogen (secondary N) is 6. The second kappa shape index (κ2) is 12.0. The molecule has 4 amide bonds. The highest BCUT2D eigenvalue weighted by molar-refractivity contribution is 5.90. The number of fused-ring (bicyclic) bond motifs is 2. The SMILES string of the molecule is O=C(Cc1cc2ccccc2[nH]1)NNC(=O)NC(Cc1c[nH]c2ccccc12)C(=O)NCCc1ccccc1. The van der Waals surface area contributed by atoms with Gasteiger partial charge in [-0.25, -0.2) is 10.2 Å². The molecule has 1 atom stereocenters. The summed E-state index contributed by atoms with van der Waals surface area (Å²) in [5, 5.41) is 7.62. The summed E-state index contributed by atoms with van der Waals surface area (Å²) in [7, 11) is 0. The number of hydrogen-bond acceptors (Lipinski definition) is 3. The Labute approximate surface area is 225 Å². The van der Waals surface area contributed by atoms with Crippen molar-refractivity contribution in [1.29, 1.82) is 0 Å². The molecule has 0 radical (unpaired) electrons. The van der Waals surface area contributed by atoms with Crippen LogP contribution in [0.5, 0.6) is 0 Å². The van der Waals surface area contributed by atoms with E-state index in [1.165, 1.54) is 0 Å². The van der Waals surface area contributed by atoms with Gasteiger partial charge in [0.25, 0.3) is 0 Å². The molecule has 3 aromatic carbocycles. The molecule has 2 heterocycles. The third kappa shape index (κ3) is 6.64. The van der Waals surface area contributed by atoms with E-state index in [9.17, 15) is 14.4 Å². The van der Waals surface area contributed by atoms with E-state index in [0.29, 0.717) is 13.0 Å². The zero-order valence-corrected chi connectivity index (χ0v) is 21.3. The second-order valence-electron chi connectivity index (χ2n) is 9.35. The number of hydrogen-bond donors (Lipinski definition) is 6. The van der Waals surface area contributed by atoms with Crippen LogP contribution in [0.4, 0.5) is 4.79 Å². The van der Waals surface area contributed by atoms with E-state index in [2.05, 4.69) is 31.5 Å². The lowest BCUT2D eigenvalue weighted by atomic mass is 10.0. The number of para-hydroxylation sites is 2. The van der Waals surface area contributed by atoms with Gasteiger partial charge in [-0.3, -0.25) is 15.0 Å². The highest BCUT2D eigenvalue weighted by Crippen LogP contribution is 2.19. The second-order valence-corrected chi connectivity index (χ2v) is 9.35. The molecule has 0 fully saturated rings. The number of H-pyrrole nitrogens is 2. The molecule has 6 N–H and O–H groups in total. The quantitative estimate of drug-likeness (QED) is 0.166.